The third-order valence-corrected chi connectivity index (χ3v) is 4.29. The number of nitrogens with zero attached hydrogens (tertiary/aromatic N) is 4. The molecule has 0 saturated carbocycles. The summed E-state index contributed by atoms with van der Waals surface area (Å²) in [5, 5.41) is 8.25. The van der Waals surface area contributed by atoms with Crippen LogP contribution >= 0.6 is 0 Å². The predicted molar refractivity (Wildman–Crippen MR) is 85.8 cm³/mol. The molecule has 5 heteroatoms. The SMILES string of the molecule is CCN1CCCC(Nc2nccn3nc(C(C)C)cc23)C1. The summed E-state index contributed by atoms with van der Waals surface area (Å²) < 4.78 is 1.94. The van der Waals surface area contributed by atoms with E-state index in [-0.39, 0.29) is 0 Å². The van der Waals surface area contributed by atoms with Crippen molar-refractivity contribution in [2.24, 2.45) is 0 Å². The van der Waals surface area contributed by atoms with Gasteiger partial charge in [0.1, 0.15) is 5.52 Å². The summed E-state index contributed by atoms with van der Waals surface area (Å²) in [6, 6.07) is 2.63. The minimum atomic E-state index is 0.433. The Morgan fingerprint density at radius 2 is 2.29 bits per heavy atom. The normalized spacial score (nSPS) is 20.3. The van der Waals surface area contributed by atoms with Crippen LogP contribution in [0.3, 0.4) is 0 Å². The number of likely N-dealkylation sites (N-methyl/N-ethyl adjacent to an activating group) is 1. The van der Waals surface area contributed by atoms with Crippen molar-refractivity contribution < 1.29 is 0 Å². The lowest BCUT2D eigenvalue weighted by atomic mass is 10.1. The summed E-state index contributed by atoms with van der Waals surface area (Å²) in [5.74, 6) is 1.39. The third kappa shape index (κ3) is 3.02. The Morgan fingerprint density at radius 3 is 3.05 bits per heavy atom. The molecule has 0 radical (unpaired) electrons. The molecule has 3 rings (SSSR count). The van der Waals surface area contributed by atoms with Crippen molar-refractivity contribution in [3.05, 3.63) is 24.2 Å². The van der Waals surface area contributed by atoms with Crippen LogP contribution in [0.2, 0.25) is 0 Å². The van der Waals surface area contributed by atoms with Gasteiger partial charge in [0.05, 0.1) is 5.69 Å². The fourth-order valence-electron chi connectivity index (χ4n) is 2.99. The van der Waals surface area contributed by atoms with E-state index in [1.54, 1.807) is 0 Å². The first-order valence-electron chi connectivity index (χ1n) is 8.00. The molecule has 114 valence electrons. The van der Waals surface area contributed by atoms with Crippen molar-refractivity contribution in [2.45, 2.75) is 45.6 Å². The number of fused-ring (bicyclic) bond motifs is 1. The number of likely N-dealkylation sites (tertiary alicyclic amines) is 1. The second kappa shape index (κ2) is 6.02. The zero-order valence-corrected chi connectivity index (χ0v) is 13.2. The number of aromatic nitrogens is 3. The molecule has 2 aromatic rings. The predicted octanol–water partition coefficient (Wildman–Crippen LogP) is 2.75. The highest BCUT2D eigenvalue weighted by Gasteiger charge is 2.20. The van der Waals surface area contributed by atoms with Crippen LogP contribution in [0.25, 0.3) is 5.52 Å². The van der Waals surface area contributed by atoms with Crippen molar-refractivity contribution in [1.29, 1.82) is 0 Å². The highest BCUT2D eigenvalue weighted by Crippen LogP contribution is 2.22. The fraction of sp³-hybridized carbons (Fsp3) is 0.625. The highest BCUT2D eigenvalue weighted by atomic mass is 15.2. The third-order valence-electron chi connectivity index (χ3n) is 4.29. The molecule has 1 N–H and O–H groups in total. The van der Waals surface area contributed by atoms with Gasteiger partial charge in [-0.1, -0.05) is 20.8 Å². The van der Waals surface area contributed by atoms with Crippen molar-refractivity contribution in [3.63, 3.8) is 0 Å². The molecule has 0 amide bonds. The van der Waals surface area contributed by atoms with Crippen LogP contribution in [-0.4, -0.2) is 45.2 Å². The Kier molecular flexibility index (Phi) is 4.10. The van der Waals surface area contributed by atoms with E-state index in [0.29, 0.717) is 12.0 Å². The van der Waals surface area contributed by atoms with Crippen LogP contribution < -0.4 is 5.32 Å². The van der Waals surface area contributed by atoms with Gasteiger partial charge in [-0.05, 0) is 37.9 Å². The Bertz CT molecular complexity index is 604. The quantitative estimate of drug-likeness (QED) is 0.939. The molecule has 21 heavy (non-hydrogen) atoms. The average molecular weight is 287 g/mol. The zero-order chi connectivity index (χ0) is 14.8. The molecule has 5 nitrogen and oxygen atoms in total. The van der Waals surface area contributed by atoms with Gasteiger partial charge >= 0.3 is 0 Å². The molecule has 1 aliphatic heterocycles. The summed E-state index contributed by atoms with van der Waals surface area (Å²) >= 11 is 0. The number of rotatable bonds is 4. The smallest absolute Gasteiger partial charge is 0.152 e. The summed E-state index contributed by atoms with van der Waals surface area (Å²) in [7, 11) is 0. The van der Waals surface area contributed by atoms with E-state index in [4.69, 9.17) is 0 Å². The lowest BCUT2D eigenvalue weighted by Gasteiger charge is -2.32. The molecule has 0 spiro atoms. The zero-order valence-electron chi connectivity index (χ0n) is 13.2. The van der Waals surface area contributed by atoms with Gasteiger partial charge in [0.15, 0.2) is 5.82 Å². The van der Waals surface area contributed by atoms with E-state index in [1.165, 1.54) is 19.4 Å². The number of nitrogens with one attached hydrogen (secondary N) is 1. The van der Waals surface area contributed by atoms with E-state index in [2.05, 4.69) is 47.1 Å². The summed E-state index contributed by atoms with van der Waals surface area (Å²) in [4.78, 5) is 7.03. The molecule has 1 fully saturated rings. The molecule has 0 bridgehead atoms. The summed E-state index contributed by atoms with van der Waals surface area (Å²) in [5.41, 5.74) is 2.19. The second-order valence-electron chi connectivity index (χ2n) is 6.21. The lowest BCUT2D eigenvalue weighted by Crippen LogP contribution is -2.42. The summed E-state index contributed by atoms with van der Waals surface area (Å²) in [6.45, 7) is 10.0. The highest BCUT2D eigenvalue weighted by molar-refractivity contribution is 5.68. The van der Waals surface area contributed by atoms with Crippen LogP contribution in [-0.2, 0) is 0 Å². The molecule has 0 aromatic carbocycles. The van der Waals surface area contributed by atoms with Gasteiger partial charge in [-0.15, -0.1) is 0 Å². The first-order valence-corrected chi connectivity index (χ1v) is 8.00. The maximum Gasteiger partial charge on any atom is 0.152 e. The number of hydrogen-bond acceptors (Lipinski definition) is 4. The van der Waals surface area contributed by atoms with E-state index in [1.807, 2.05) is 16.9 Å². The van der Waals surface area contributed by atoms with Crippen LogP contribution in [0.15, 0.2) is 18.5 Å². The molecule has 0 aliphatic carbocycles. The van der Waals surface area contributed by atoms with Gasteiger partial charge in [0.2, 0.25) is 0 Å². The molecular formula is C16H25N5. The van der Waals surface area contributed by atoms with Gasteiger partial charge < -0.3 is 10.2 Å². The van der Waals surface area contributed by atoms with Gasteiger partial charge in [0, 0.05) is 25.0 Å². The largest absolute Gasteiger partial charge is 0.364 e. The lowest BCUT2D eigenvalue weighted by molar-refractivity contribution is 0.226. The van der Waals surface area contributed by atoms with Crippen LogP contribution in [0.4, 0.5) is 5.82 Å². The van der Waals surface area contributed by atoms with E-state index in [9.17, 15) is 0 Å². The Balaban J connectivity index is 1.83. The monoisotopic (exact) mass is 287 g/mol. The summed E-state index contributed by atoms with van der Waals surface area (Å²) in [6.07, 6.45) is 6.22. The van der Waals surface area contributed by atoms with Gasteiger partial charge in [-0.3, -0.25) is 0 Å². The van der Waals surface area contributed by atoms with Crippen molar-refractivity contribution in [1.82, 2.24) is 19.5 Å². The fourth-order valence-corrected chi connectivity index (χ4v) is 2.99. The Morgan fingerprint density at radius 1 is 1.43 bits per heavy atom. The first-order chi connectivity index (χ1) is 10.2. The Hall–Kier alpha value is -1.62. The van der Waals surface area contributed by atoms with Gasteiger partial charge in [-0.2, -0.15) is 5.10 Å². The molecule has 3 heterocycles. The molecule has 1 saturated heterocycles. The minimum Gasteiger partial charge on any atom is -0.364 e. The topological polar surface area (TPSA) is 45.5 Å². The molecule has 2 aromatic heterocycles. The van der Waals surface area contributed by atoms with Gasteiger partial charge in [-0.25, -0.2) is 9.50 Å². The first kappa shape index (κ1) is 14.3. The number of anilines is 1. The van der Waals surface area contributed by atoms with Crippen molar-refractivity contribution in [3.8, 4) is 0 Å². The van der Waals surface area contributed by atoms with E-state index >= 15 is 0 Å². The molecule has 1 aliphatic rings. The van der Waals surface area contributed by atoms with E-state index in [0.717, 1.165) is 30.1 Å². The Labute approximate surface area is 126 Å². The molecule has 1 atom stereocenters. The minimum absolute atomic E-state index is 0.433. The maximum absolute atomic E-state index is 4.62. The number of piperidine rings is 1. The number of hydrogen-bond donors (Lipinski definition) is 1. The van der Waals surface area contributed by atoms with Crippen LogP contribution in [0, 0.1) is 0 Å². The van der Waals surface area contributed by atoms with E-state index < -0.39 is 0 Å². The molecular weight excluding hydrogens is 262 g/mol. The standard InChI is InChI=1S/C16H25N5/c1-4-20-8-5-6-13(11-20)18-16-15-10-14(12(2)3)19-21(15)9-7-17-16/h7,9-10,12-13H,4-6,8,11H2,1-3H3,(H,17,18). The van der Waals surface area contributed by atoms with Gasteiger partial charge in [0.25, 0.3) is 0 Å². The van der Waals surface area contributed by atoms with Crippen LogP contribution in [0.1, 0.15) is 45.2 Å². The van der Waals surface area contributed by atoms with Crippen LogP contribution in [0.5, 0.6) is 0 Å². The second-order valence-corrected chi connectivity index (χ2v) is 6.21. The molecule has 1 unspecified atom stereocenters. The maximum atomic E-state index is 4.62. The van der Waals surface area contributed by atoms with Crippen molar-refractivity contribution in [2.75, 3.05) is 25.0 Å². The average Bonchev–Trinajstić information content (AvgIpc) is 2.93. The van der Waals surface area contributed by atoms with Crippen molar-refractivity contribution >= 4 is 11.3 Å².